The van der Waals surface area contributed by atoms with Crippen molar-refractivity contribution in [2.75, 3.05) is 6.61 Å². The number of hydrogen-bond donors (Lipinski definition) is 0. The lowest BCUT2D eigenvalue weighted by molar-refractivity contribution is 0.290. The SMILES string of the molecule is CCCCCC(C)CCC(C)CCCC[Si]c1ncccc1-c1ccc(OCCCCCCC2CC2)nn1. The highest BCUT2D eigenvalue weighted by atomic mass is 28.2. The van der Waals surface area contributed by atoms with Crippen LogP contribution in [-0.4, -0.2) is 31.3 Å². The van der Waals surface area contributed by atoms with Crippen molar-refractivity contribution in [3.63, 3.8) is 0 Å². The highest BCUT2D eigenvalue weighted by molar-refractivity contribution is 6.54. The molecule has 1 aliphatic carbocycles. The molecule has 1 fully saturated rings. The van der Waals surface area contributed by atoms with Gasteiger partial charge in [-0.1, -0.05) is 123 Å². The zero-order valence-electron chi connectivity index (χ0n) is 24.6. The monoisotopic (exact) mass is 535 g/mol. The van der Waals surface area contributed by atoms with Crippen molar-refractivity contribution < 1.29 is 4.74 Å². The number of ether oxygens (including phenoxy) is 1. The van der Waals surface area contributed by atoms with E-state index in [0.717, 1.165) is 56.9 Å². The number of unbranched alkanes of at least 4 members (excludes halogenated alkanes) is 6. The number of pyridine rings is 1. The summed E-state index contributed by atoms with van der Waals surface area (Å²) < 4.78 is 5.84. The lowest BCUT2D eigenvalue weighted by atomic mass is 9.91. The summed E-state index contributed by atoms with van der Waals surface area (Å²) in [6.45, 7) is 7.91. The molecule has 2 aromatic rings. The van der Waals surface area contributed by atoms with Gasteiger partial charge in [0.15, 0.2) is 0 Å². The van der Waals surface area contributed by atoms with Gasteiger partial charge < -0.3 is 4.74 Å². The molecule has 0 N–H and O–H groups in total. The molecule has 0 bridgehead atoms. The second-order valence-electron chi connectivity index (χ2n) is 11.9. The summed E-state index contributed by atoms with van der Waals surface area (Å²) in [5, 5.41) is 9.99. The molecule has 2 heterocycles. The van der Waals surface area contributed by atoms with Crippen LogP contribution in [0.3, 0.4) is 0 Å². The molecule has 0 spiro atoms. The maximum absolute atomic E-state index is 5.84. The third kappa shape index (κ3) is 12.9. The number of rotatable bonds is 22. The molecule has 2 aromatic heterocycles. The highest BCUT2D eigenvalue weighted by Gasteiger charge is 2.19. The molecule has 0 saturated heterocycles. The Hall–Kier alpha value is -1.75. The zero-order chi connectivity index (χ0) is 26.8. The molecule has 0 aromatic carbocycles. The molecule has 5 heteroatoms. The molecule has 3 rings (SSSR count). The standard InChI is InChI=1S/C33H53N3OSi/c1-4-5-8-14-27(2)18-19-28(3)15-10-12-26-38-33-30(17-13-24-34-33)31-22-23-32(36-35-31)37-25-11-7-6-9-16-29-20-21-29/h13,17,22-24,27-29H,4-12,14-16,18-21,25-26H2,1-3H3. The Kier molecular flexibility index (Phi) is 15.0. The minimum atomic E-state index is 0.629. The van der Waals surface area contributed by atoms with Crippen molar-refractivity contribution in [1.29, 1.82) is 0 Å². The first-order valence-corrected chi connectivity index (χ1v) is 17.0. The summed E-state index contributed by atoms with van der Waals surface area (Å²) in [5.74, 6) is 3.42. The summed E-state index contributed by atoms with van der Waals surface area (Å²) >= 11 is 0. The van der Waals surface area contributed by atoms with Crippen LogP contribution in [0.25, 0.3) is 11.3 Å². The third-order valence-electron chi connectivity index (χ3n) is 8.05. The fourth-order valence-corrected chi connectivity index (χ4v) is 6.42. The van der Waals surface area contributed by atoms with E-state index in [4.69, 9.17) is 9.72 Å². The predicted molar refractivity (Wildman–Crippen MR) is 162 cm³/mol. The molecule has 1 saturated carbocycles. The Morgan fingerprint density at radius 2 is 1.61 bits per heavy atom. The van der Waals surface area contributed by atoms with E-state index in [1.54, 1.807) is 0 Å². The van der Waals surface area contributed by atoms with Crippen LogP contribution in [0.4, 0.5) is 0 Å². The van der Waals surface area contributed by atoms with E-state index < -0.39 is 0 Å². The highest BCUT2D eigenvalue weighted by Crippen LogP contribution is 2.34. The number of nitrogens with zero attached hydrogens (tertiary/aromatic N) is 3. The molecule has 1 aliphatic rings. The molecule has 2 radical (unpaired) electrons. The van der Waals surface area contributed by atoms with E-state index in [9.17, 15) is 0 Å². The van der Waals surface area contributed by atoms with Gasteiger partial charge >= 0.3 is 0 Å². The van der Waals surface area contributed by atoms with Gasteiger partial charge in [-0.3, -0.25) is 4.98 Å². The molecule has 2 atom stereocenters. The van der Waals surface area contributed by atoms with Crippen molar-refractivity contribution in [3.8, 4) is 17.1 Å². The van der Waals surface area contributed by atoms with Gasteiger partial charge in [-0.25, -0.2) is 0 Å². The van der Waals surface area contributed by atoms with Crippen LogP contribution < -0.4 is 10.1 Å². The Morgan fingerprint density at radius 3 is 2.32 bits per heavy atom. The van der Waals surface area contributed by atoms with Crippen molar-refractivity contribution in [3.05, 3.63) is 30.5 Å². The molecule has 0 amide bonds. The largest absolute Gasteiger partial charge is 0.477 e. The second-order valence-corrected chi connectivity index (χ2v) is 13.2. The Balaban J connectivity index is 1.30. The lowest BCUT2D eigenvalue weighted by Gasteiger charge is -2.15. The Labute approximate surface area is 236 Å². The van der Waals surface area contributed by atoms with Crippen molar-refractivity contribution in [1.82, 2.24) is 15.2 Å². The van der Waals surface area contributed by atoms with Crippen molar-refractivity contribution in [2.24, 2.45) is 17.8 Å². The first-order chi connectivity index (χ1) is 18.7. The minimum absolute atomic E-state index is 0.629. The van der Waals surface area contributed by atoms with E-state index in [1.807, 2.05) is 24.4 Å². The molecule has 4 nitrogen and oxygen atoms in total. The fourth-order valence-electron chi connectivity index (χ4n) is 5.19. The third-order valence-corrected chi connectivity index (χ3v) is 9.38. The van der Waals surface area contributed by atoms with Crippen LogP contribution in [0.5, 0.6) is 5.88 Å². The lowest BCUT2D eigenvalue weighted by Crippen LogP contribution is -2.21. The molecular weight excluding hydrogens is 482 g/mol. The van der Waals surface area contributed by atoms with E-state index in [0.29, 0.717) is 5.88 Å². The smallest absolute Gasteiger partial charge is 0.233 e. The zero-order valence-corrected chi connectivity index (χ0v) is 25.6. The number of aromatic nitrogens is 3. The van der Waals surface area contributed by atoms with Gasteiger partial charge in [0.2, 0.25) is 5.88 Å². The van der Waals surface area contributed by atoms with Gasteiger partial charge in [0.05, 0.1) is 12.3 Å². The minimum Gasteiger partial charge on any atom is -0.477 e. The van der Waals surface area contributed by atoms with Gasteiger partial charge in [-0.2, -0.15) is 0 Å². The average Bonchev–Trinajstić information content (AvgIpc) is 3.76. The maximum Gasteiger partial charge on any atom is 0.233 e. The second kappa shape index (κ2) is 18.5. The van der Waals surface area contributed by atoms with E-state index in [2.05, 4.69) is 37.0 Å². The van der Waals surface area contributed by atoms with Crippen molar-refractivity contribution >= 4 is 14.8 Å². The first kappa shape index (κ1) is 30.8. The topological polar surface area (TPSA) is 47.9 Å². The Morgan fingerprint density at radius 1 is 0.842 bits per heavy atom. The van der Waals surface area contributed by atoms with Crippen LogP contribution in [-0.2, 0) is 0 Å². The Bertz CT molecular complexity index is 871. The van der Waals surface area contributed by atoms with Gasteiger partial charge in [-0.15, -0.1) is 10.2 Å². The molecular formula is C33H53N3OSi. The summed E-state index contributed by atoms with van der Waals surface area (Å²) in [4.78, 5) is 4.70. The van der Waals surface area contributed by atoms with Gasteiger partial charge in [0, 0.05) is 23.1 Å². The van der Waals surface area contributed by atoms with Crippen LogP contribution in [0, 0.1) is 17.8 Å². The van der Waals surface area contributed by atoms with Gasteiger partial charge in [0.1, 0.15) is 9.52 Å². The fraction of sp³-hybridized carbons (Fsp3) is 0.727. The van der Waals surface area contributed by atoms with E-state index in [-0.39, 0.29) is 0 Å². The van der Waals surface area contributed by atoms with Gasteiger partial charge in [-0.05, 0) is 42.4 Å². The van der Waals surface area contributed by atoms with Crippen LogP contribution >= 0.6 is 0 Å². The van der Waals surface area contributed by atoms with Crippen LogP contribution in [0.2, 0.25) is 6.04 Å². The molecule has 0 aliphatic heterocycles. The van der Waals surface area contributed by atoms with Crippen LogP contribution in [0.1, 0.15) is 124 Å². The summed E-state index contributed by atoms with van der Waals surface area (Å²) in [5.41, 5.74) is 2.01. The average molecular weight is 536 g/mol. The predicted octanol–water partition coefficient (Wildman–Crippen LogP) is 8.83. The van der Waals surface area contributed by atoms with E-state index in [1.165, 1.54) is 102 Å². The van der Waals surface area contributed by atoms with Crippen molar-refractivity contribution in [2.45, 2.75) is 130 Å². The quantitative estimate of drug-likeness (QED) is 0.112. The van der Waals surface area contributed by atoms with E-state index >= 15 is 0 Å². The van der Waals surface area contributed by atoms with Crippen LogP contribution in [0.15, 0.2) is 30.5 Å². The van der Waals surface area contributed by atoms with Gasteiger partial charge in [0.25, 0.3) is 0 Å². The normalized spacial score (nSPS) is 14.9. The number of hydrogen-bond acceptors (Lipinski definition) is 4. The summed E-state index contributed by atoms with van der Waals surface area (Å²) in [6, 6.07) is 9.34. The molecule has 38 heavy (non-hydrogen) atoms. The first-order valence-electron chi connectivity index (χ1n) is 15.8. The molecule has 2 unspecified atom stereocenters. The summed E-state index contributed by atoms with van der Waals surface area (Å²) in [7, 11) is 0.718. The molecule has 210 valence electrons. The maximum atomic E-state index is 5.84. The summed E-state index contributed by atoms with van der Waals surface area (Å²) in [6.07, 6.45) is 23.6.